The van der Waals surface area contributed by atoms with Gasteiger partial charge in [0.1, 0.15) is 0 Å². The number of hydrogen-bond donors (Lipinski definition) is 1. The number of sulfone groups is 1. The van der Waals surface area contributed by atoms with Gasteiger partial charge < -0.3 is 10.2 Å². The van der Waals surface area contributed by atoms with Crippen molar-refractivity contribution in [2.45, 2.75) is 31.1 Å². The molecule has 0 aromatic heterocycles. The SMILES string of the molecule is Cc1ccc(CN(C)C(=O)C2(S(C)(=O)=O)CCNCC2)cc1. The van der Waals surface area contributed by atoms with E-state index in [1.807, 2.05) is 31.2 Å². The number of aryl methyl sites for hydroxylation is 1. The Hall–Kier alpha value is -1.40. The zero-order valence-corrected chi connectivity index (χ0v) is 14.2. The van der Waals surface area contributed by atoms with Gasteiger partial charge in [0.25, 0.3) is 0 Å². The Bertz CT molecular complexity index is 632. The topological polar surface area (TPSA) is 66.5 Å². The van der Waals surface area contributed by atoms with Gasteiger partial charge in [-0.3, -0.25) is 4.79 Å². The first kappa shape index (κ1) is 17.0. The van der Waals surface area contributed by atoms with Crippen molar-refractivity contribution in [1.29, 1.82) is 0 Å². The van der Waals surface area contributed by atoms with Gasteiger partial charge in [-0.25, -0.2) is 8.42 Å². The van der Waals surface area contributed by atoms with Crippen LogP contribution in [0.1, 0.15) is 24.0 Å². The zero-order valence-electron chi connectivity index (χ0n) is 13.4. The van der Waals surface area contributed by atoms with Crippen LogP contribution in [-0.4, -0.2) is 50.4 Å². The lowest BCUT2D eigenvalue weighted by atomic mass is 9.95. The first-order valence-corrected chi connectivity index (χ1v) is 9.37. The van der Waals surface area contributed by atoms with E-state index >= 15 is 0 Å². The molecule has 0 unspecified atom stereocenters. The lowest BCUT2D eigenvalue weighted by Crippen LogP contribution is -2.57. The van der Waals surface area contributed by atoms with Crippen molar-refractivity contribution in [2.24, 2.45) is 0 Å². The molecular formula is C16H24N2O3S. The molecule has 122 valence electrons. The van der Waals surface area contributed by atoms with Gasteiger partial charge in [0.15, 0.2) is 14.6 Å². The second-order valence-corrected chi connectivity index (χ2v) is 8.49. The van der Waals surface area contributed by atoms with Crippen molar-refractivity contribution in [3.63, 3.8) is 0 Å². The predicted molar refractivity (Wildman–Crippen MR) is 87.3 cm³/mol. The number of rotatable bonds is 4. The third kappa shape index (κ3) is 3.33. The fourth-order valence-electron chi connectivity index (χ4n) is 2.96. The molecule has 0 radical (unpaired) electrons. The summed E-state index contributed by atoms with van der Waals surface area (Å²) in [4.78, 5) is 14.4. The molecule has 1 saturated heterocycles. The monoisotopic (exact) mass is 324 g/mol. The summed E-state index contributed by atoms with van der Waals surface area (Å²) in [5.74, 6) is -0.294. The normalized spacial score (nSPS) is 18.0. The molecule has 6 heteroatoms. The van der Waals surface area contributed by atoms with Crippen molar-refractivity contribution in [3.8, 4) is 0 Å². The highest BCUT2D eigenvalue weighted by atomic mass is 32.2. The Morgan fingerprint density at radius 2 is 1.77 bits per heavy atom. The molecule has 0 saturated carbocycles. The van der Waals surface area contributed by atoms with Crippen LogP contribution in [0, 0.1) is 6.92 Å². The highest BCUT2D eigenvalue weighted by Crippen LogP contribution is 2.30. The molecule has 5 nitrogen and oxygen atoms in total. The molecule has 1 aliphatic rings. The second kappa shape index (κ2) is 6.38. The third-order valence-electron chi connectivity index (χ3n) is 4.40. The van der Waals surface area contributed by atoms with Gasteiger partial charge in [0, 0.05) is 19.8 Å². The molecule has 1 heterocycles. The smallest absolute Gasteiger partial charge is 0.244 e. The molecule has 1 aromatic rings. The largest absolute Gasteiger partial charge is 0.340 e. The van der Waals surface area contributed by atoms with E-state index in [0.717, 1.165) is 11.1 Å². The molecule has 0 bridgehead atoms. The molecule has 2 rings (SSSR count). The first-order chi connectivity index (χ1) is 10.3. The van der Waals surface area contributed by atoms with E-state index in [2.05, 4.69) is 5.32 Å². The molecule has 1 aromatic carbocycles. The highest BCUT2D eigenvalue weighted by Gasteiger charge is 2.49. The van der Waals surface area contributed by atoms with Gasteiger partial charge >= 0.3 is 0 Å². The molecule has 1 fully saturated rings. The molecular weight excluding hydrogens is 300 g/mol. The Morgan fingerprint density at radius 3 is 2.27 bits per heavy atom. The van der Waals surface area contributed by atoms with Crippen molar-refractivity contribution in [3.05, 3.63) is 35.4 Å². The van der Waals surface area contributed by atoms with Gasteiger partial charge in [-0.1, -0.05) is 29.8 Å². The lowest BCUT2D eigenvalue weighted by molar-refractivity contribution is -0.134. The van der Waals surface area contributed by atoms with Crippen LogP contribution in [0.3, 0.4) is 0 Å². The minimum Gasteiger partial charge on any atom is -0.340 e. The summed E-state index contributed by atoms with van der Waals surface area (Å²) in [5.41, 5.74) is 2.16. The summed E-state index contributed by atoms with van der Waals surface area (Å²) in [6.45, 7) is 3.53. The standard InChI is InChI=1S/C16H24N2O3S/c1-13-4-6-14(7-5-13)12-18(2)15(19)16(22(3,20)21)8-10-17-11-9-16/h4-7,17H,8-12H2,1-3H3. The number of benzene rings is 1. The molecule has 0 aliphatic carbocycles. The van der Waals surface area contributed by atoms with Crippen LogP contribution in [0.25, 0.3) is 0 Å². The molecule has 0 atom stereocenters. The number of carbonyl (C=O) groups excluding carboxylic acids is 1. The average molecular weight is 324 g/mol. The van der Waals surface area contributed by atoms with Crippen LogP contribution in [0.2, 0.25) is 0 Å². The van der Waals surface area contributed by atoms with Crippen molar-refractivity contribution >= 4 is 15.7 Å². The van der Waals surface area contributed by atoms with E-state index in [4.69, 9.17) is 0 Å². The Kier molecular flexibility index (Phi) is 4.92. The number of amides is 1. The van der Waals surface area contributed by atoms with Crippen molar-refractivity contribution < 1.29 is 13.2 Å². The number of piperidine rings is 1. The van der Waals surface area contributed by atoms with E-state index in [9.17, 15) is 13.2 Å². The molecule has 1 amide bonds. The van der Waals surface area contributed by atoms with Crippen LogP contribution in [0.4, 0.5) is 0 Å². The van der Waals surface area contributed by atoms with Crippen LogP contribution in [0.5, 0.6) is 0 Å². The van der Waals surface area contributed by atoms with Crippen LogP contribution < -0.4 is 5.32 Å². The Labute approximate surface area is 132 Å². The van der Waals surface area contributed by atoms with E-state index in [-0.39, 0.29) is 5.91 Å². The highest BCUT2D eigenvalue weighted by molar-refractivity contribution is 7.92. The zero-order chi connectivity index (χ0) is 16.4. The fourth-order valence-corrected chi connectivity index (χ4v) is 4.38. The van der Waals surface area contributed by atoms with E-state index < -0.39 is 14.6 Å². The van der Waals surface area contributed by atoms with Gasteiger partial charge in [0.05, 0.1) is 0 Å². The van der Waals surface area contributed by atoms with E-state index in [1.165, 1.54) is 11.2 Å². The Morgan fingerprint density at radius 1 is 1.23 bits per heavy atom. The summed E-state index contributed by atoms with van der Waals surface area (Å²) < 4.78 is 23.3. The summed E-state index contributed by atoms with van der Waals surface area (Å²) in [7, 11) is -1.78. The lowest BCUT2D eigenvalue weighted by Gasteiger charge is -2.37. The number of nitrogens with zero attached hydrogens (tertiary/aromatic N) is 1. The maximum Gasteiger partial charge on any atom is 0.244 e. The predicted octanol–water partition coefficient (Wildman–Crippen LogP) is 1.12. The maximum atomic E-state index is 12.9. The van der Waals surface area contributed by atoms with Crippen molar-refractivity contribution in [1.82, 2.24) is 10.2 Å². The van der Waals surface area contributed by atoms with Crippen LogP contribution in [-0.2, 0) is 21.2 Å². The molecule has 1 aliphatic heterocycles. The van der Waals surface area contributed by atoms with E-state index in [1.54, 1.807) is 7.05 Å². The first-order valence-electron chi connectivity index (χ1n) is 7.48. The number of hydrogen-bond acceptors (Lipinski definition) is 4. The minimum atomic E-state index is -3.46. The molecule has 0 spiro atoms. The fraction of sp³-hybridized carbons (Fsp3) is 0.562. The summed E-state index contributed by atoms with van der Waals surface area (Å²) >= 11 is 0. The summed E-state index contributed by atoms with van der Waals surface area (Å²) in [5, 5.41) is 3.13. The van der Waals surface area contributed by atoms with Gasteiger partial charge in [-0.15, -0.1) is 0 Å². The van der Waals surface area contributed by atoms with Crippen LogP contribution in [0.15, 0.2) is 24.3 Å². The van der Waals surface area contributed by atoms with Crippen molar-refractivity contribution in [2.75, 3.05) is 26.4 Å². The number of nitrogens with one attached hydrogen (secondary N) is 1. The van der Waals surface area contributed by atoms with Gasteiger partial charge in [-0.2, -0.15) is 0 Å². The van der Waals surface area contributed by atoms with Gasteiger partial charge in [-0.05, 0) is 38.4 Å². The van der Waals surface area contributed by atoms with Gasteiger partial charge in [0.2, 0.25) is 5.91 Å². The number of carbonyl (C=O) groups is 1. The Balaban J connectivity index is 2.21. The van der Waals surface area contributed by atoms with E-state index in [0.29, 0.717) is 32.5 Å². The second-order valence-electron chi connectivity index (χ2n) is 6.16. The summed E-state index contributed by atoms with van der Waals surface area (Å²) in [6.07, 6.45) is 1.85. The average Bonchev–Trinajstić information content (AvgIpc) is 2.48. The third-order valence-corrected chi connectivity index (χ3v) is 6.40. The summed E-state index contributed by atoms with van der Waals surface area (Å²) in [6, 6.07) is 7.92. The minimum absolute atomic E-state index is 0.294. The van der Waals surface area contributed by atoms with Crippen LogP contribution >= 0.6 is 0 Å². The quantitative estimate of drug-likeness (QED) is 0.901. The maximum absolute atomic E-state index is 12.9. The molecule has 22 heavy (non-hydrogen) atoms. The molecule has 1 N–H and O–H groups in total.